The summed E-state index contributed by atoms with van der Waals surface area (Å²) in [6, 6.07) is 3.39. The van der Waals surface area contributed by atoms with Gasteiger partial charge in [-0.15, -0.1) is 0 Å². The van der Waals surface area contributed by atoms with Gasteiger partial charge in [-0.2, -0.15) is 11.8 Å². The number of amides is 3. The Morgan fingerprint density at radius 2 is 1.97 bits per heavy atom. The van der Waals surface area contributed by atoms with E-state index in [-0.39, 0.29) is 12.8 Å². The molecular weight excluding hydrogens is 486 g/mol. The summed E-state index contributed by atoms with van der Waals surface area (Å²) >= 11 is 1.49. The van der Waals surface area contributed by atoms with Gasteiger partial charge < -0.3 is 36.5 Å². The van der Waals surface area contributed by atoms with Gasteiger partial charge in [-0.25, -0.2) is 4.79 Å². The fraction of sp³-hybridized carbons (Fsp3) is 0.500. The lowest BCUT2D eigenvalue weighted by atomic mass is 10.0. The molecule has 1 aromatic carbocycles. The molecule has 3 rings (SSSR count). The summed E-state index contributed by atoms with van der Waals surface area (Å²) < 4.78 is 0. The summed E-state index contributed by atoms with van der Waals surface area (Å²) in [4.78, 5) is 55.1. The third-order valence-electron chi connectivity index (χ3n) is 6.31. The van der Waals surface area contributed by atoms with Crippen LogP contribution < -0.4 is 16.4 Å². The van der Waals surface area contributed by atoms with E-state index in [1.807, 2.05) is 30.5 Å². The fourth-order valence-electron chi connectivity index (χ4n) is 4.36. The highest BCUT2D eigenvalue weighted by Crippen LogP contribution is 2.20. The number of aliphatic hydroxyl groups is 1. The predicted molar refractivity (Wildman–Crippen MR) is 136 cm³/mol. The van der Waals surface area contributed by atoms with Gasteiger partial charge in [0.2, 0.25) is 17.7 Å². The number of nitrogens with two attached hydrogens (primary N) is 1. The highest BCUT2D eigenvalue weighted by molar-refractivity contribution is 7.98. The second-order valence-electron chi connectivity index (χ2n) is 8.78. The predicted octanol–water partition coefficient (Wildman–Crippen LogP) is -0.172. The van der Waals surface area contributed by atoms with Crippen LogP contribution in [-0.2, 0) is 25.6 Å². The highest BCUT2D eigenvalue weighted by atomic mass is 32.2. The van der Waals surface area contributed by atoms with E-state index in [2.05, 4.69) is 15.6 Å². The van der Waals surface area contributed by atoms with Crippen molar-refractivity contribution in [3.05, 3.63) is 36.0 Å². The van der Waals surface area contributed by atoms with Crippen LogP contribution in [0.4, 0.5) is 0 Å². The minimum Gasteiger partial charge on any atom is -0.480 e. The summed E-state index contributed by atoms with van der Waals surface area (Å²) in [5, 5.41) is 25.1. The standard InChI is InChI=1S/C24H33N5O6S/c1-36-10-8-18(27-22(32)20-7-4-9-29(20)23(33)16(25)13-30)21(31)28-19(24(34)35)11-14-12-26-17-6-3-2-5-15(14)17/h2-3,5-6,12,16,18-20,26,30H,4,7-11,13,25H2,1H3,(H,27,32)(H,28,31)(H,34,35). The average molecular weight is 520 g/mol. The lowest BCUT2D eigenvalue weighted by Gasteiger charge is -2.28. The first-order chi connectivity index (χ1) is 17.3. The maximum Gasteiger partial charge on any atom is 0.326 e. The van der Waals surface area contributed by atoms with Crippen LogP contribution in [0.25, 0.3) is 10.9 Å². The van der Waals surface area contributed by atoms with Crippen LogP contribution in [0.15, 0.2) is 30.5 Å². The van der Waals surface area contributed by atoms with Crippen molar-refractivity contribution >= 4 is 46.4 Å². The van der Waals surface area contributed by atoms with Crippen molar-refractivity contribution in [2.45, 2.75) is 49.9 Å². The summed E-state index contributed by atoms with van der Waals surface area (Å²) in [6.07, 6.45) is 4.94. The molecule has 196 valence electrons. The van der Waals surface area contributed by atoms with E-state index in [4.69, 9.17) is 5.73 Å². The van der Waals surface area contributed by atoms with Crippen molar-refractivity contribution in [3.63, 3.8) is 0 Å². The van der Waals surface area contributed by atoms with E-state index in [1.54, 1.807) is 6.20 Å². The number of para-hydroxylation sites is 1. The van der Waals surface area contributed by atoms with E-state index in [0.717, 1.165) is 16.5 Å². The number of likely N-dealkylation sites (tertiary alicyclic amines) is 1. The SMILES string of the molecule is CSCCC(NC(=O)C1CCCN1C(=O)C(N)CO)C(=O)NC(Cc1c[nH]c2ccccc12)C(=O)O. The zero-order valence-electron chi connectivity index (χ0n) is 20.1. The Morgan fingerprint density at radius 3 is 2.67 bits per heavy atom. The van der Waals surface area contributed by atoms with Gasteiger partial charge in [-0.3, -0.25) is 14.4 Å². The molecule has 1 saturated heterocycles. The molecule has 7 N–H and O–H groups in total. The molecule has 4 unspecified atom stereocenters. The quantitative estimate of drug-likeness (QED) is 0.224. The van der Waals surface area contributed by atoms with Gasteiger partial charge in [0.05, 0.1) is 6.61 Å². The summed E-state index contributed by atoms with van der Waals surface area (Å²) in [7, 11) is 0. The van der Waals surface area contributed by atoms with E-state index in [1.165, 1.54) is 16.7 Å². The Bertz CT molecular complexity index is 1090. The molecule has 0 spiro atoms. The smallest absolute Gasteiger partial charge is 0.326 e. The number of thioether (sulfide) groups is 1. The topological polar surface area (TPSA) is 178 Å². The normalized spacial score (nSPS) is 18.0. The van der Waals surface area contributed by atoms with Crippen LogP contribution in [-0.4, -0.2) is 93.1 Å². The van der Waals surface area contributed by atoms with E-state index >= 15 is 0 Å². The van der Waals surface area contributed by atoms with Crippen molar-refractivity contribution in [3.8, 4) is 0 Å². The molecule has 1 fully saturated rings. The molecule has 12 heteroatoms. The molecular formula is C24H33N5O6S. The molecule has 1 aliphatic rings. The van der Waals surface area contributed by atoms with Crippen molar-refractivity contribution in [2.24, 2.45) is 5.73 Å². The van der Waals surface area contributed by atoms with Crippen LogP contribution in [0.5, 0.6) is 0 Å². The van der Waals surface area contributed by atoms with E-state index < -0.39 is 54.5 Å². The molecule has 4 atom stereocenters. The minimum absolute atomic E-state index is 0.0677. The van der Waals surface area contributed by atoms with Crippen LogP contribution in [0, 0.1) is 0 Å². The molecule has 0 saturated carbocycles. The Balaban J connectivity index is 1.71. The summed E-state index contributed by atoms with van der Waals surface area (Å²) in [5.74, 6) is -2.26. The maximum atomic E-state index is 13.1. The number of aromatic amines is 1. The number of benzene rings is 1. The first kappa shape index (κ1) is 27.5. The number of aliphatic carboxylic acids is 1. The number of hydrogen-bond donors (Lipinski definition) is 6. The monoisotopic (exact) mass is 519 g/mol. The summed E-state index contributed by atoms with van der Waals surface area (Å²) in [6.45, 7) is -0.201. The Kier molecular flexibility index (Phi) is 9.73. The van der Waals surface area contributed by atoms with Crippen LogP contribution in [0.3, 0.4) is 0 Å². The number of carbonyl (C=O) groups excluding carboxylic acids is 3. The van der Waals surface area contributed by atoms with Crippen molar-refractivity contribution < 1.29 is 29.4 Å². The number of carbonyl (C=O) groups is 4. The molecule has 2 heterocycles. The molecule has 0 radical (unpaired) electrons. The maximum absolute atomic E-state index is 13.1. The van der Waals surface area contributed by atoms with Gasteiger partial charge in [0.15, 0.2) is 0 Å². The van der Waals surface area contributed by atoms with E-state index in [0.29, 0.717) is 25.1 Å². The number of aliphatic hydroxyl groups excluding tert-OH is 1. The molecule has 3 amide bonds. The Labute approximate surface area is 213 Å². The van der Waals surface area contributed by atoms with Gasteiger partial charge in [0.1, 0.15) is 24.2 Å². The van der Waals surface area contributed by atoms with Gasteiger partial charge >= 0.3 is 5.97 Å². The molecule has 2 aromatic rings. The van der Waals surface area contributed by atoms with Crippen LogP contribution >= 0.6 is 11.8 Å². The molecule has 11 nitrogen and oxygen atoms in total. The molecule has 1 aromatic heterocycles. The highest BCUT2D eigenvalue weighted by Gasteiger charge is 2.37. The van der Waals surface area contributed by atoms with Gasteiger partial charge in [0, 0.05) is 30.1 Å². The second kappa shape index (κ2) is 12.7. The zero-order valence-corrected chi connectivity index (χ0v) is 20.9. The molecule has 0 aliphatic carbocycles. The second-order valence-corrected chi connectivity index (χ2v) is 9.77. The number of hydrogen-bond acceptors (Lipinski definition) is 7. The first-order valence-corrected chi connectivity index (χ1v) is 13.2. The third-order valence-corrected chi connectivity index (χ3v) is 6.95. The number of aromatic nitrogens is 1. The van der Waals surface area contributed by atoms with Gasteiger partial charge in [-0.05, 0) is 42.9 Å². The minimum atomic E-state index is -1.20. The number of nitrogens with one attached hydrogen (secondary N) is 3. The largest absolute Gasteiger partial charge is 0.480 e. The number of carboxylic acid groups (broad SMARTS) is 1. The van der Waals surface area contributed by atoms with E-state index in [9.17, 15) is 29.4 Å². The Morgan fingerprint density at radius 1 is 1.22 bits per heavy atom. The lowest BCUT2D eigenvalue weighted by Crippen LogP contribution is -2.57. The molecule has 36 heavy (non-hydrogen) atoms. The number of H-pyrrole nitrogens is 1. The average Bonchev–Trinajstić information content (AvgIpc) is 3.52. The van der Waals surface area contributed by atoms with Crippen molar-refractivity contribution in [1.82, 2.24) is 20.5 Å². The molecule has 1 aliphatic heterocycles. The fourth-order valence-corrected chi connectivity index (χ4v) is 4.83. The van der Waals surface area contributed by atoms with Gasteiger partial charge in [-0.1, -0.05) is 18.2 Å². The lowest BCUT2D eigenvalue weighted by molar-refractivity contribution is -0.143. The number of fused-ring (bicyclic) bond motifs is 1. The van der Waals surface area contributed by atoms with Crippen molar-refractivity contribution in [1.29, 1.82) is 0 Å². The third kappa shape index (κ3) is 6.56. The number of carboxylic acids is 1. The zero-order chi connectivity index (χ0) is 26.2. The summed E-state index contributed by atoms with van der Waals surface area (Å²) in [5.41, 5.74) is 7.27. The Hall–Kier alpha value is -3.09. The molecule has 0 bridgehead atoms. The number of rotatable bonds is 12. The first-order valence-electron chi connectivity index (χ1n) is 11.8. The van der Waals surface area contributed by atoms with Crippen LogP contribution in [0.2, 0.25) is 0 Å². The van der Waals surface area contributed by atoms with Crippen LogP contribution in [0.1, 0.15) is 24.8 Å². The van der Waals surface area contributed by atoms with Gasteiger partial charge in [0.25, 0.3) is 0 Å². The van der Waals surface area contributed by atoms with Crippen molar-refractivity contribution in [2.75, 3.05) is 25.2 Å². The number of nitrogens with zero attached hydrogens (tertiary/aromatic N) is 1.